The highest BCUT2D eigenvalue weighted by Gasteiger charge is 2.37. The van der Waals surface area contributed by atoms with Crippen LogP contribution in [0.4, 0.5) is 0 Å². The van der Waals surface area contributed by atoms with E-state index in [0.29, 0.717) is 28.6 Å². The Morgan fingerprint density at radius 3 is 2.88 bits per heavy atom. The molecule has 1 aliphatic rings. The van der Waals surface area contributed by atoms with E-state index in [0.717, 1.165) is 0 Å². The van der Waals surface area contributed by atoms with Crippen molar-refractivity contribution < 1.29 is 14.7 Å². The lowest BCUT2D eigenvalue weighted by molar-refractivity contribution is 0.0691. The van der Waals surface area contributed by atoms with Gasteiger partial charge >= 0.3 is 5.97 Å². The van der Waals surface area contributed by atoms with Crippen LogP contribution in [0.3, 0.4) is 0 Å². The van der Waals surface area contributed by atoms with Crippen molar-refractivity contribution >= 4 is 40.5 Å². The molecule has 0 radical (unpaired) electrons. The number of aromatic carboxylic acids is 1. The van der Waals surface area contributed by atoms with Gasteiger partial charge in [0.05, 0.1) is 6.04 Å². The van der Waals surface area contributed by atoms with Crippen molar-refractivity contribution in [1.82, 2.24) is 19.3 Å². The molecule has 4 rings (SSSR count). The van der Waals surface area contributed by atoms with Crippen LogP contribution in [-0.2, 0) is 0 Å². The number of nitrogens with zero attached hydrogens (tertiary/aromatic N) is 4. The van der Waals surface area contributed by atoms with Crippen molar-refractivity contribution in [2.45, 2.75) is 18.5 Å². The second-order valence-corrected chi connectivity index (χ2v) is 7.41. The van der Waals surface area contributed by atoms with Gasteiger partial charge in [-0.25, -0.2) is 14.8 Å². The third kappa shape index (κ3) is 2.94. The lowest BCUT2D eigenvalue weighted by atomic mass is 10.2. The van der Waals surface area contributed by atoms with E-state index < -0.39 is 5.97 Å². The predicted octanol–water partition coefficient (Wildman–Crippen LogP) is 2.06. The van der Waals surface area contributed by atoms with E-state index >= 15 is 0 Å². The van der Waals surface area contributed by atoms with Gasteiger partial charge < -0.3 is 20.1 Å². The number of halogens is 1. The topological polar surface area (TPSA) is 114 Å². The fourth-order valence-corrected chi connectivity index (χ4v) is 4.14. The molecule has 3 aromatic rings. The van der Waals surface area contributed by atoms with Crippen molar-refractivity contribution in [2.24, 2.45) is 5.73 Å². The monoisotopic (exact) mass is 391 g/mol. The van der Waals surface area contributed by atoms with Crippen LogP contribution >= 0.6 is 22.9 Å². The molecule has 1 aliphatic heterocycles. The van der Waals surface area contributed by atoms with Gasteiger partial charge in [-0.15, -0.1) is 11.3 Å². The number of likely N-dealkylation sites (tertiary alicyclic amines) is 1. The van der Waals surface area contributed by atoms with Gasteiger partial charge in [0.15, 0.2) is 5.69 Å². The number of thiazole rings is 1. The molecule has 1 saturated heterocycles. The van der Waals surface area contributed by atoms with Crippen LogP contribution in [0.25, 0.3) is 5.65 Å². The molecule has 1 fully saturated rings. The number of hydrogen-bond acceptors (Lipinski definition) is 6. The lowest BCUT2D eigenvalue weighted by Crippen LogP contribution is -2.33. The Balaban J connectivity index is 1.66. The highest BCUT2D eigenvalue weighted by atomic mass is 35.5. The van der Waals surface area contributed by atoms with Crippen molar-refractivity contribution in [1.29, 1.82) is 0 Å². The molecule has 10 heteroatoms. The van der Waals surface area contributed by atoms with E-state index in [2.05, 4.69) is 9.97 Å². The van der Waals surface area contributed by atoms with Gasteiger partial charge in [-0.05, 0) is 12.5 Å². The number of rotatable bonds is 3. The van der Waals surface area contributed by atoms with Crippen molar-refractivity contribution in [3.8, 4) is 0 Å². The van der Waals surface area contributed by atoms with E-state index in [9.17, 15) is 9.59 Å². The van der Waals surface area contributed by atoms with Crippen LogP contribution in [0, 0.1) is 0 Å². The maximum Gasteiger partial charge on any atom is 0.355 e. The Bertz CT molecular complexity index is 1020. The highest BCUT2D eigenvalue weighted by molar-refractivity contribution is 7.09. The molecule has 0 saturated carbocycles. The summed E-state index contributed by atoms with van der Waals surface area (Å²) >= 11 is 7.18. The molecule has 0 spiro atoms. The zero-order valence-electron chi connectivity index (χ0n) is 13.4. The van der Waals surface area contributed by atoms with E-state index in [1.807, 2.05) is 0 Å². The van der Waals surface area contributed by atoms with Gasteiger partial charge in [-0.2, -0.15) is 0 Å². The molecule has 0 aromatic carbocycles. The molecule has 3 aromatic heterocycles. The minimum atomic E-state index is -1.09. The van der Waals surface area contributed by atoms with Gasteiger partial charge in [-0.1, -0.05) is 11.6 Å². The van der Waals surface area contributed by atoms with Crippen molar-refractivity contribution in [2.75, 3.05) is 6.54 Å². The number of carboxylic acids is 1. The van der Waals surface area contributed by atoms with Crippen LogP contribution in [0.5, 0.6) is 0 Å². The zero-order chi connectivity index (χ0) is 18.4. The van der Waals surface area contributed by atoms with E-state index in [1.165, 1.54) is 16.7 Å². The molecule has 3 N–H and O–H groups in total. The number of aromatic nitrogens is 3. The lowest BCUT2D eigenvalue weighted by Gasteiger charge is -2.21. The smallest absolute Gasteiger partial charge is 0.355 e. The molecule has 2 atom stereocenters. The molecular formula is C16H14ClN5O3S. The first-order valence-corrected chi connectivity index (χ1v) is 9.07. The number of carbonyl (C=O) groups excluding carboxylic acids is 1. The number of carboxylic acid groups (broad SMARTS) is 1. The molecule has 134 valence electrons. The third-order valence-electron chi connectivity index (χ3n) is 4.26. The number of carbonyl (C=O) groups is 2. The minimum Gasteiger partial charge on any atom is -0.476 e. The first kappa shape index (κ1) is 17.0. The average molecular weight is 392 g/mol. The van der Waals surface area contributed by atoms with Gasteiger partial charge in [0.25, 0.3) is 5.91 Å². The summed E-state index contributed by atoms with van der Waals surface area (Å²) < 4.78 is 1.72. The molecule has 8 nitrogen and oxygen atoms in total. The molecular weight excluding hydrogens is 378 g/mol. The van der Waals surface area contributed by atoms with Crippen LogP contribution in [0.1, 0.15) is 38.4 Å². The molecule has 0 aliphatic carbocycles. The molecule has 26 heavy (non-hydrogen) atoms. The summed E-state index contributed by atoms with van der Waals surface area (Å²) in [6.45, 7) is 0.361. The van der Waals surface area contributed by atoms with Crippen LogP contribution in [-0.4, -0.2) is 48.8 Å². The van der Waals surface area contributed by atoms with Crippen LogP contribution < -0.4 is 5.73 Å². The summed E-state index contributed by atoms with van der Waals surface area (Å²) in [5, 5.41) is 11.6. The largest absolute Gasteiger partial charge is 0.476 e. The number of imidazole rings is 1. The maximum absolute atomic E-state index is 13.0. The van der Waals surface area contributed by atoms with Crippen molar-refractivity contribution in [3.05, 3.63) is 51.3 Å². The maximum atomic E-state index is 13.0. The summed E-state index contributed by atoms with van der Waals surface area (Å²) in [6, 6.07) is 2.82. The number of fused-ring (bicyclic) bond motifs is 1. The number of amides is 1. The summed E-state index contributed by atoms with van der Waals surface area (Å²) in [4.78, 5) is 34.1. The van der Waals surface area contributed by atoms with E-state index in [-0.39, 0.29) is 29.4 Å². The second kappa shape index (κ2) is 6.35. The Labute approximate surface area is 156 Å². The van der Waals surface area contributed by atoms with E-state index in [1.54, 1.807) is 33.8 Å². The second-order valence-electron chi connectivity index (χ2n) is 6.08. The quantitative estimate of drug-likeness (QED) is 0.706. The van der Waals surface area contributed by atoms with Gasteiger partial charge in [-0.3, -0.25) is 4.79 Å². The van der Waals surface area contributed by atoms with E-state index in [4.69, 9.17) is 22.4 Å². The number of nitrogens with two attached hydrogens (primary N) is 1. The molecule has 0 unspecified atom stereocenters. The van der Waals surface area contributed by atoms with Crippen molar-refractivity contribution in [3.63, 3.8) is 0 Å². The highest BCUT2D eigenvalue weighted by Crippen LogP contribution is 2.34. The Kier molecular flexibility index (Phi) is 4.14. The molecule has 4 heterocycles. The summed E-state index contributed by atoms with van der Waals surface area (Å²) in [5.74, 6) is -1.36. The third-order valence-corrected chi connectivity index (χ3v) is 5.44. The number of pyridine rings is 1. The SMILES string of the molecule is N[C@@H]1C[C@H](c2nc(C(=O)O)cs2)N(C(=O)c2cn3ccc(Cl)cc3n2)C1. The molecule has 0 bridgehead atoms. The summed E-state index contributed by atoms with van der Waals surface area (Å²) in [6.07, 6.45) is 3.89. The van der Waals surface area contributed by atoms with Gasteiger partial charge in [0.1, 0.15) is 16.3 Å². The van der Waals surface area contributed by atoms with Gasteiger partial charge in [0, 0.05) is 41.4 Å². The first-order valence-electron chi connectivity index (χ1n) is 7.82. The Morgan fingerprint density at radius 2 is 2.15 bits per heavy atom. The Morgan fingerprint density at radius 1 is 1.35 bits per heavy atom. The minimum absolute atomic E-state index is 0.0276. The fraction of sp³-hybridized carbons (Fsp3) is 0.250. The van der Waals surface area contributed by atoms with Gasteiger partial charge in [0.2, 0.25) is 0 Å². The van der Waals surface area contributed by atoms with Crippen LogP contribution in [0.2, 0.25) is 5.02 Å². The zero-order valence-corrected chi connectivity index (χ0v) is 14.9. The molecule has 1 amide bonds. The summed E-state index contributed by atoms with van der Waals surface area (Å²) in [7, 11) is 0. The standard InChI is InChI=1S/C16H14ClN5O3S/c17-8-1-2-21-6-10(19-13(21)3-8)15(23)22-5-9(18)4-12(22)14-20-11(7-26-14)16(24)25/h1-3,6-7,9,12H,4-5,18H2,(H,24,25)/t9-,12-/m1/s1. The first-order chi connectivity index (χ1) is 12.4. The Hall–Kier alpha value is -2.49. The normalized spacial score (nSPS) is 20.0. The van der Waals surface area contributed by atoms with Crippen LogP contribution in [0.15, 0.2) is 29.9 Å². The predicted molar refractivity (Wildman–Crippen MR) is 95.6 cm³/mol. The average Bonchev–Trinajstić information content (AvgIpc) is 3.30. The number of hydrogen-bond donors (Lipinski definition) is 2. The fourth-order valence-electron chi connectivity index (χ4n) is 3.07. The summed E-state index contributed by atoms with van der Waals surface area (Å²) in [5.41, 5.74) is 6.88.